The predicted molar refractivity (Wildman–Crippen MR) is 140 cm³/mol. The summed E-state index contributed by atoms with van der Waals surface area (Å²) < 4.78 is 12.6. The Morgan fingerprint density at radius 2 is 1.74 bits per heavy atom. The summed E-state index contributed by atoms with van der Waals surface area (Å²) in [7, 11) is 1.69. The molecule has 1 aliphatic carbocycles. The molecule has 2 unspecified atom stereocenters. The highest BCUT2D eigenvalue weighted by Gasteiger charge is 2.30. The Balaban J connectivity index is 1.40. The van der Waals surface area contributed by atoms with Gasteiger partial charge in [-0.15, -0.1) is 11.3 Å². The van der Waals surface area contributed by atoms with E-state index in [9.17, 15) is 4.79 Å². The minimum absolute atomic E-state index is 0.118. The molecule has 1 aromatic heterocycles. The summed E-state index contributed by atoms with van der Waals surface area (Å²) in [5.74, 6) is 2.84. The number of carbonyl (C=O) groups excluding carboxylic acids is 1. The molecule has 0 N–H and O–H groups in total. The van der Waals surface area contributed by atoms with Gasteiger partial charge in [0.1, 0.15) is 18.1 Å². The summed E-state index contributed by atoms with van der Waals surface area (Å²) in [6.45, 7) is 6.36. The Morgan fingerprint density at radius 1 is 1.00 bits per heavy atom. The zero-order valence-electron chi connectivity index (χ0n) is 20.3. The zero-order chi connectivity index (χ0) is 23.5. The van der Waals surface area contributed by atoms with Crippen molar-refractivity contribution in [2.75, 3.05) is 33.4 Å². The fourth-order valence-electron chi connectivity index (χ4n) is 5.57. The van der Waals surface area contributed by atoms with Crippen molar-refractivity contribution in [3.63, 3.8) is 0 Å². The number of nitrogens with zero attached hydrogens (tertiary/aromatic N) is 1. The van der Waals surface area contributed by atoms with E-state index >= 15 is 0 Å². The van der Waals surface area contributed by atoms with Gasteiger partial charge >= 0.3 is 0 Å². The van der Waals surface area contributed by atoms with Crippen molar-refractivity contribution in [3.8, 4) is 11.5 Å². The first-order valence-corrected chi connectivity index (χ1v) is 13.6. The van der Waals surface area contributed by atoms with Crippen LogP contribution in [0.5, 0.6) is 11.5 Å². The standard InChI is InChI=1S/C29H35NO3S/c1-20-7-3-4-8-24(20)29-27(25-14-13-23(32-2)19-26(25)34-29)28(31)21-9-11-22(12-10-21)33-18-17-30-15-5-6-16-30/h9-14,19-20,24H,3-8,15-18H2,1-2H3. The second-order valence-electron chi connectivity index (χ2n) is 9.82. The van der Waals surface area contributed by atoms with E-state index in [0.717, 1.165) is 45.7 Å². The number of benzene rings is 2. The highest BCUT2D eigenvalue weighted by Crippen LogP contribution is 2.46. The maximum atomic E-state index is 13.9. The van der Waals surface area contributed by atoms with Crippen LogP contribution in [-0.2, 0) is 0 Å². The summed E-state index contributed by atoms with van der Waals surface area (Å²) in [4.78, 5) is 17.6. The van der Waals surface area contributed by atoms with Gasteiger partial charge in [0.25, 0.3) is 0 Å². The molecule has 2 atom stereocenters. The molecule has 34 heavy (non-hydrogen) atoms. The van der Waals surface area contributed by atoms with Crippen LogP contribution in [0.25, 0.3) is 10.1 Å². The Bertz CT molecular complexity index is 1130. The Morgan fingerprint density at radius 3 is 2.47 bits per heavy atom. The van der Waals surface area contributed by atoms with Crippen LogP contribution in [0, 0.1) is 5.92 Å². The van der Waals surface area contributed by atoms with E-state index in [1.165, 1.54) is 50.1 Å². The third kappa shape index (κ3) is 4.87. The molecule has 0 radical (unpaired) electrons. The highest BCUT2D eigenvalue weighted by molar-refractivity contribution is 7.19. The fraction of sp³-hybridized carbons (Fsp3) is 0.483. The molecule has 3 aromatic rings. The topological polar surface area (TPSA) is 38.8 Å². The average Bonchev–Trinajstić information content (AvgIpc) is 3.51. The van der Waals surface area contributed by atoms with E-state index in [0.29, 0.717) is 18.4 Å². The number of hydrogen-bond acceptors (Lipinski definition) is 5. The molecule has 1 aliphatic heterocycles. The number of methoxy groups -OCH3 is 1. The molecule has 0 bridgehead atoms. The molecule has 1 saturated carbocycles. The van der Waals surface area contributed by atoms with E-state index in [4.69, 9.17) is 9.47 Å². The lowest BCUT2D eigenvalue weighted by Crippen LogP contribution is -2.25. The van der Waals surface area contributed by atoms with Crippen molar-refractivity contribution in [3.05, 3.63) is 58.5 Å². The van der Waals surface area contributed by atoms with Gasteiger partial charge in [-0.25, -0.2) is 0 Å². The summed E-state index contributed by atoms with van der Waals surface area (Å²) >= 11 is 1.78. The van der Waals surface area contributed by atoms with Crippen LogP contribution >= 0.6 is 11.3 Å². The molecule has 0 amide bonds. The van der Waals surface area contributed by atoms with Gasteiger partial charge in [0, 0.05) is 32.6 Å². The van der Waals surface area contributed by atoms with Gasteiger partial charge in [0.2, 0.25) is 0 Å². The summed E-state index contributed by atoms with van der Waals surface area (Å²) in [6, 6.07) is 13.8. The fourth-order valence-corrected chi connectivity index (χ4v) is 7.07. The van der Waals surface area contributed by atoms with Crippen LogP contribution in [0.4, 0.5) is 0 Å². The van der Waals surface area contributed by atoms with E-state index in [1.807, 2.05) is 30.3 Å². The molecule has 2 aromatic carbocycles. The van der Waals surface area contributed by atoms with Gasteiger partial charge in [-0.1, -0.05) is 26.2 Å². The smallest absolute Gasteiger partial charge is 0.194 e. The van der Waals surface area contributed by atoms with Crippen LogP contribution in [0.1, 0.15) is 72.2 Å². The van der Waals surface area contributed by atoms with Crippen LogP contribution in [0.15, 0.2) is 42.5 Å². The van der Waals surface area contributed by atoms with Gasteiger partial charge < -0.3 is 9.47 Å². The number of thiophene rings is 1. The van der Waals surface area contributed by atoms with Crippen LogP contribution < -0.4 is 9.47 Å². The quantitative estimate of drug-likeness (QED) is 0.331. The summed E-state index contributed by atoms with van der Waals surface area (Å²) in [5, 5.41) is 1.05. The van der Waals surface area contributed by atoms with Crippen LogP contribution in [-0.4, -0.2) is 44.0 Å². The first kappa shape index (κ1) is 23.4. The molecule has 2 fully saturated rings. The molecular formula is C29H35NO3S. The Kier molecular flexibility index (Phi) is 7.21. The number of ether oxygens (including phenoxy) is 2. The van der Waals surface area contributed by atoms with Gasteiger partial charge in [0.15, 0.2) is 5.78 Å². The van der Waals surface area contributed by atoms with E-state index in [-0.39, 0.29) is 5.78 Å². The lowest BCUT2D eigenvalue weighted by Gasteiger charge is -2.28. The minimum atomic E-state index is 0.118. The summed E-state index contributed by atoms with van der Waals surface area (Å²) in [5.41, 5.74) is 1.62. The highest BCUT2D eigenvalue weighted by atomic mass is 32.1. The van der Waals surface area contributed by atoms with Gasteiger partial charge in [-0.05, 0) is 86.7 Å². The molecule has 4 nitrogen and oxygen atoms in total. The third-order valence-electron chi connectivity index (χ3n) is 7.59. The largest absolute Gasteiger partial charge is 0.497 e. The predicted octanol–water partition coefficient (Wildman–Crippen LogP) is 6.91. The lowest BCUT2D eigenvalue weighted by atomic mass is 9.78. The first-order valence-electron chi connectivity index (χ1n) is 12.7. The van der Waals surface area contributed by atoms with Gasteiger partial charge in [-0.2, -0.15) is 0 Å². The zero-order valence-corrected chi connectivity index (χ0v) is 21.2. The molecule has 2 aliphatic rings. The average molecular weight is 478 g/mol. The number of likely N-dealkylation sites (tertiary alicyclic amines) is 1. The molecule has 1 saturated heterocycles. The summed E-state index contributed by atoms with van der Waals surface area (Å²) in [6.07, 6.45) is 7.52. The monoisotopic (exact) mass is 477 g/mol. The first-order chi connectivity index (χ1) is 16.6. The maximum Gasteiger partial charge on any atom is 0.194 e. The minimum Gasteiger partial charge on any atom is -0.497 e. The Hall–Kier alpha value is -2.37. The van der Waals surface area contributed by atoms with Gasteiger partial charge in [0.05, 0.1) is 7.11 Å². The normalized spacial score (nSPS) is 21.1. The van der Waals surface area contributed by atoms with Crippen LogP contribution in [0.3, 0.4) is 0 Å². The SMILES string of the molecule is COc1ccc2c(C(=O)c3ccc(OCCN4CCCC4)cc3)c(C3CCCCC3C)sc2c1. The molecule has 2 heterocycles. The van der Waals surface area contributed by atoms with Crippen molar-refractivity contribution in [2.24, 2.45) is 5.92 Å². The second-order valence-corrected chi connectivity index (χ2v) is 10.9. The number of fused-ring (bicyclic) bond motifs is 1. The van der Waals surface area contributed by atoms with Crippen molar-refractivity contribution >= 4 is 27.2 Å². The van der Waals surface area contributed by atoms with Crippen molar-refractivity contribution < 1.29 is 14.3 Å². The second kappa shape index (κ2) is 10.5. The molecule has 0 spiro atoms. The van der Waals surface area contributed by atoms with Crippen LogP contribution in [0.2, 0.25) is 0 Å². The van der Waals surface area contributed by atoms with Crippen molar-refractivity contribution in [2.45, 2.75) is 51.4 Å². The van der Waals surface area contributed by atoms with Crippen molar-refractivity contribution in [1.82, 2.24) is 4.90 Å². The lowest BCUT2D eigenvalue weighted by molar-refractivity contribution is 0.103. The molecular weight excluding hydrogens is 442 g/mol. The van der Waals surface area contributed by atoms with Gasteiger partial charge in [-0.3, -0.25) is 9.69 Å². The number of carbonyl (C=O) groups is 1. The van der Waals surface area contributed by atoms with E-state index in [1.54, 1.807) is 18.4 Å². The van der Waals surface area contributed by atoms with E-state index < -0.39 is 0 Å². The maximum absolute atomic E-state index is 13.9. The number of hydrogen-bond donors (Lipinski definition) is 0. The van der Waals surface area contributed by atoms with E-state index in [2.05, 4.69) is 24.0 Å². The molecule has 5 rings (SSSR count). The third-order valence-corrected chi connectivity index (χ3v) is 8.88. The van der Waals surface area contributed by atoms with Crippen molar-refractivity contribution in [1.29, 1.82) is 0 Å². The Labute approximate surface area is 206 Å². The molecule has 180 valence electrons. The molecule has 5 heteroatoms. The number of ketones is 1. The number of rotatable bonds is 8.